The van der Waals surface area contributed by atoms with Gasteiger partial charge < -0.3 is 14.9 Å². The molecular weight excluding hydrogens is 288 g/mol. The van der Waals surface area contributed by atoms with Gasteiger partial charge in [0.05, 0.1) is 6.54 Å². The quantitative estimate of drug-likeness (QED) is 0.764. The SMILES string of the molecule is CC1(C)CNC(=O)c2nc(Cn3ccc4ccccc43)[nH]c2C1. The number of fused-ring (bicyclic) bond motifs is 2. The van der Waals surface area contributed by atoms with Crippen LogP contribution in [-0.4, -0.2) is 27.0 Å². The van der Waals surface area contributed by atoms with Gasteiger partial charge in [-0.3, -0.25) is 4.79 Å². The van der Waals surface area contributed by atoms with E-state index in [1.165, 1.54) is 10.9 Å². The Hall–Kier alpha value is -2.56. The van der Waals surface area contributed by atoms with Gasteiger partial charge in [0.2, 0.25) is 0 Å². The highest BCUT2D eigenvalue weighted by atomic mass is 16.1. The molecule has 3 aromatic rings. The third-order valence-corrected chi connectivity index (χ3v) is 4.43. The zero-order valence-corrected chi connectivity index (χ0v) is 13.4. The Morgan fingerprint density at radius 1 is 1.26 bits per heavy atom. The van der Waals surface area contributed by atoms with E-state index >= 15 is 0 Å². The first-order valence-corrected chi connectivity index (χ1v) is 7.92. The molecule has 0 aliphatic carbocycles. The largest absolute Gasteiger partial charge is 0.350 e. The molecule has 0 bridgehead atoms. The Labute approximate surface area is 134 Å². The third-order valence-electron chi connectivity index (χ3n) is 4.43. The average molecular weight is 308 g/mol. The molecule has 3 heterocycles. The van der Waals surface area contributed by atoms with Crippen LogP contribution in [0.2, 0.25) is 0 Å². The average Bonchev–Trinajstić information content (AvgIpc) is 3.07. The van der Waals surface area contributed by atoms with Crippen LogP contribution < -0.4 is 5.32 Å². The molecule has 0 unspecified atom stereocenters. The van der Waals surface area contributed by atoms with Crippen LogP contribution in [0.15, 0.2) is 36.5 Å². The van der Waals surface area contributed by atoms with Crippen molar-refractivity contribution in [1.29, 1.82) is 0 Å². The minimum absolute atomic E-state index is 0.0326. The van der Waals surface area contributed by atoms with E-state index in [0.717, 1.165) is 17.9 Å². The molecule has 1 aromatic carbocycles. The number of hydrogen-bond donors (Lipinski definition) is 2. The number of hydrogen-bond acceptors (Lipinski definition) is 2. The van der Waals surface area contributed by atoms with Gasteiger partial charge in [0, 0.05) is 24.0 Å². The van der Waals surface area contributed by atoms with Gasteiger partial charge in [0.1, 0.15) is 11.5 Å². The number of carbonyl (C=O) groups is 1. The van der Waals surface area contributed by atoms with Crippen LogP contribution in [0, 0.1) is 5.41 Å². The summed E-state index contributed by atoms with van der Waals surface area (Å²) in [6.07, 6.45) is 2.88. The van der Waals surface area contributed by atoms with Crippen LogP contribution in [0.1, 0.15) is 35.9 Å². The Morgan fingerprint density at radius 2 is 2.09 bits per heavy atom. The van der Waals surface area contributed by atoms with Gasteiger partial charge >= 0.3 is 0 Å². The Morgan fingerprint density at radius 3 is 2.96 bits per heavy atom. The molecule has 0 atom stereocenters. The number of aromatic amines is 1. The van der Waals surface area contributed by atoms with Gasteiger partial charge in [0.25, 0.3) is 5.91 Å². The van der Waals surface area contributed by atoms with Gasteiger partial charge in [-0.05, 0) is 29.4 Å². The standard InChI is InChI=1S/C18H20N4O/c1-18(2)9-13-16(17(23)19-11-18)21-15(20-13)10-22-8-7-12-5-3-4-6-14(12)22/h3-8H,9-11H2,1-2H3,(H,19,23)(H,20,21). The molecule has 23 heavy (non-hydrogen) atoms. The molecule has 0 spiro atoms. The van der Waals surface area contributed by atoms with Gasteiger partial charge in [-0.25, -0.2) is 4.98 Å². The fourth-order valence-corrected chi connectivity index (χ4v) is 3.24. The van der Waals surface area contributed by atoms with E-state index in [2.05, 4.69) is 58.1 Å². The predicted octanol–water partition coefficient (Wildman–Crippen LogP) is 2.72. The van der Waals surface area contributed by atoms with E-state index in [9.17, 15) is 4.79 Å². The van der Waals surface area contributed by atoms with E-state index in [0.29, 0.717) is 18.8 Å². The fraction of sp³-hybridized carbons (Fsp3) is 0.333. The molecule has 2 N–H and O–H groups in total. The lowest BCUT2D eigenvalue weighted by atomic mass is 9.88. The molecular formula is C18H20N4O. The number of benzene rings is 1. The molecule has 5 heteroatoms. The summed E-state index contributed by atoms with van der Waals surface area (Å²) in [5.74, 6) is 0.745. The number of carbonyl (C=O) groups excluding carboxylic acids is 1. The van der Waals surface area contributed by atoms with Crippen molar-refractivity contribution in [2.24, 2.45) is 5.41 Å². The van der Waals surface area contributed by atoms with Crippen molar-refractivity contribution in [2.45, 2.75) is 26.8 Å². The lowest BCUT2D eigenvalue weighted by molar-refractivity contribution is 0.0940. The number of aromatic nitrogens is 3. The summed E-state index contributed by atoms with van der Waals surface area (Å²) >= 11 is 0. The van der Waals surface area contributed by atoms with Gasteiger partial charge in [-0.1, -0.05) is 32.0 Å². The summed E-state index contributed by atoms with van der Waals surface area (Å²) < 4.78 is 2.15. The van der Waals surface area contributed by atoms with Crippen LogP contribution in [0.25, 0.3) is 10.9 Å². The predicted molar refractivity (Wildman–Crippen MR) is 89.4 cm³/mol. The summed E-state index contributed by atoms with van der Waals surface area (Å²) in [6.45, 7) is 5.62. The summed E-state index contributed by atoms with van der Waals surface area (Å²) in [6, 6.07) is 10.4. The number of para-hydroxylation sites is 1. The van der Waals surface area contributed by atoms with E-state index in [4.69, 9.17) is 0 Å². The van der Waals surface area contributed by atoms with Crippen molar-refractivity contribution in [3.8, 4) is 0 Å². The summed E-state index contributed by atoms with van der Waals surface area (Å²) in [7, 11) is 0. The molecule has 0 radical (unpaired) electrons. The maximum absolute atomic E-state index is 12.2. The summed E-state index contributed by atoms with van der Waals surface area (Å²) in [4.78, 5) is 20.1. The van der Waals surface area contributed by atoms with Crippen molar-refractivity contribution in [3.05, 3.63) is 53.7 Å². The first-order chi connectivity index (χ1) is 11.0. The fourth-order valence-electron chi connectivity index (χ4n) is 3.24. The second-order valence-electron chi connectivity index (χ2n) is 7.04. The molecule has 0 saturated carbocycles. The van der Waals surface area contributed by atoms with E-state index in [1.54, 1.807) is 0 Å². The minimum atomic E-state index is -0.0783. The Balaban J connectivity index is 1.69. The Bertz CT molecular complexity index is 887. The summed E-state index contributed by atoms with van der Waals surface area (Å²) in [5, 5.41) is 4.17. The molecule has 4 rings (SSSR count). The molecule has 118 valence electrons. The normalized spacial score (nSPS) is 16.9. The zero-order valence-electron chi connectivity index (χ0n) is 13.4. The summed E-state index contributed by atoms with van der Waals surface area (Å²) in [5.41, 5.74) is 2.69. The highest BCUT2D eigenvalue weighted by molar-refractivity contribution is 5.94. The van der Waals surface area contributed by atoms with Crippen LogP contribution in [0.5, 0.6) is 0 Å². The molecule has 1 aliphatic rings. The second kappa shape index (κ2) is 4.98. The van der Waals surface area contributed by atoms with Gasteiger partial charge in [0.15, 0.2) is 0 Å². The first-order valence-electron chi connectivity index (χ1n) is 7.92. The van der Waals surface area contributed by atoms with Gasteiger partial charge in [-0.15, -0.1) is 0 Å². The first kappa shape index (κ1) is 14.1. The van der Waals surface area contributed by atoms with Gasteiger partial charge in [-0.2, -0.15) is 0 Å². The molecule has 0 saturated heterocycles. The third kappa shape index (κ3) is 2.52. The highest BCUT2D eigenvalue weighted by Crippen LogP contribution is 2.25. The van der Waals surface area contributed by atoms with Crippen LogP contribution >= 0.6 is 0 Å². The molecule has 2 aromatic heterocycles. The van der Waals surface area contributed by atoms with Crippen molar-refractivity contribution < 1.29 is 4.79 Å². The number of amides is 1. The topological polar surface area (TPSA) is 62.7 Å². The number of H-pyrrole nitrogens is 1. The zero-order chi connectivity index (χ0) is 16.0. The van der Waals surface area contributed by atoms with Crippen molar-refractivity contribution >= 4 is 16.8 Å². The van der Waals surface area contributed by atoms with Crippen LogP contribution in [0.4, 0.5) is 0 Å². The maximum Gasteiger partial charge on any atom is 0.271 e. The highest BCUT2D eigenvalue weighted by Gasteiger charge is 2.29. The monoisotopic (exact) mass is 308 g/mol. The van der Waals surface area contributed by atoms with E-state index < -0.39 is 0 Å². The van der Waals surface area contributed by atoms with Crippen LogP contribution in [-0.2, 0) is 13.0 Å². The number of nitrogens with zero attached hydrogens (tertiary/aromatic N) is 2. The molecule has 5 nitrogen and oxygen atoms in total. The van der Waals surface area contributed by atoms with E-state index in [-0.39, 0.29) is 11.3 Å². The smallest absolute Gasteiger partial charge is 0.271 e. The minimum Gasteiger partial charge on any atom is -0.350 e. The second-order valence-corrected chi connectivity index (χ2v) is 7.04. The van der Waals surface area contributed by atoms with Crippen molar-refractivity contribution in [1.82, 2.24) is 19.9 Å². The number of rotatable bonds is 2. The number of imidazole rings is 1. The lowest BCUT2D eigenvalue weighted by Gasteiger charge is -2.21. The molecule has 0 fully saturated rings. The van der Waals surface area contributed by atoms with Crippen LogP contribution in [0.3, 0.4) is 0 Å². The van der Waals surface area contributed by atoms with E-state index in [1.807, 2.05) is 12.1 Å². The maximum atomic E-state index is 12.2. The number of nitrogens with one attached hydrogen (secondary N) is 2. The van der Waals surface area contributed by atoms with Crippen molar-refractivity contribution in [3.63, 3.8) is 0 Å². The Kier molecular flexibility index (Phi) is 3.04. The lowest BCUT2D eigenvalue weighted by Crippen LogP contribution is -2.32. The molecule has 1 amide bonds. The van der Waals surface area contributed by atoms with Crippen molar-refractivity contribution in [2.75, 3.05) is 6.54 Å². The molecule has 1 aliphatic heterocycles.